The van der Waals surface area contributed by atoms with Crippen molar-refractivity contribution in [3.63, 3.8) is 0 Å². The number of nitrogens with zero attached hydrogens (tertiary/aromatic N) is 3. The van der Waals surface area contributed by atoms with Gasteiger partial charge in [0, 0.05) is 13.1 Å². The molecule has 2 N–H and O–H groups in total. The average molecular weight is 205 g/mol. The summed E-state index contributed by atoms with van der Waals surface area (Å²) < 4.78 is 0. The number of aromatic nitrogens is 1. The molecule has 5 nitrogen and oxygen atoms in total. The molecule has 2 unspecified atom stereocenters. The first-order chi connectivity index (χ1) is 7.20. The second kappa shape index (κ2) is 3.85. The zero-order valence-corrected chi connectivity index (χ0v) is 8.04. The number of aliphatic hydroxyl groups excluding tert-OH is 2. The highest BCUT2D eigenvalue weighted by atomic mass is 16.3. The first-order valence-electron chi connectivity index (χ1n) is 4.69. The molecule has 78 valence electrons. The third kappa shape index (κ3) is 1.91. The van der Waals surface area contributed by atoms with Crippen LogP contribution >= 0.6 is 0 Å². The predicted octanol–water partition coefficient (Wildman–Crippen LogP) is -0.505. The van der Waals surface area contributed by atoms with Gasteiger partial charge in [0.15, 0.2) is 0 Å². The van der Waals surface area contributed by atoms with E-state index in [1.807, 2.05) is 6.07 Å². The molecule has 1 aromatic heterocycles. The third-order valence-electron chi connectivity index (χ3n) is 2.43. The highest BCUT2D eigenvalue weighted by Gasteiger charge is 2.30. The summed E-state index contributed by atoms with van der Waals surface area (Å²) in [4.78, 5) is 5.84. The summed E-state index contributed by atoms with van der Waals surface area (Å²) >= 11 is 0. The Morgan fingerprint density at radius 3 is 2.60 bits per heavy atom. The number of β-amino-alcohol motifs (C(OH)–C–C–N with tert-alkyl or cyclic N) is 2. The zero-order chi connectivity index (χ0) is 10.8. The van der Waals surface area contributed by atoms with Crippen LogP contribution in [0.2, 0.25) is 0 Å². The topological polar surface area (TPSA) is 80.4 Å². The number of hydrogen-bond acceptors (Lipinski definition) is 5. The summed E-state index contributed by atoms with van der Waals surface area (Å²) in [5.74, 6) is 0.615. The van der Waals surface area contributed by atoms with Gasteiger partial charge in [-0.15, -0.1) is 0 Å². The molecule has 0 aromatic carbocycles. The monoisotopic (exact) mass is 205 g/mol. The van der Waals surface area contributed by atoms with Crippen LogP contribution in [0.1, 0.15) is 5.69 Å². The van der Waals surface area contributed by atoms with Gasteiger partial charge in [-0.3, -0.25) is 0 Å². The Bertz CT molecular complexity index is 392. The molecular formula is C10H11N3O2. The maximum atomic E-state index is 9.37. The lowest BCUT2D eigenvalue weighted by Gasteiger charge is -2.15. The van der Waals surface area contributed by atoms with Gasteiger partial charge < -0.3 is 15.1 Å². The summed E-state index contributed by atoms with van der Waals surface area (Å²) in [5, 5.41) is 27.4. The Labute approximate surface area is 87.2 Å². The van der Waals surface area contributed by atoms with Crippen LogP contribution in [-0.4, -0.2) is 40.5 Å². The Morgan fingerprint density at radius 1 is 1.33 bits per heavy atom. The fraction of sp³-hybridized carbons (Fsp3) is 0.400. The molecule has 0 amide bonds. The van der Waals surface area contributed by atoms with Crippen molar-refractivity contribution in [3.8, 4) is 6.07 Å². The highest BCUT2D eigenvalue weighted by Crippen LogP contribution is 2.18. The van der Waals surface area contributed by atoms with Crippen molar-refractivity contribution in [1.82, 2.24) is 4.98 Å². The average Bonchev–Trinajstić information content (AvgIpc) is 2.59. The number of rotatable bonds is 1. The maximum absolute atomic E-state index is 9.37. The lowest BCUT2D eigenvalue weighted by molar-refractivity contribution is 0.0572. The summed E-state index contributed by atoms with van der Waals surface area (Å²) in [6, 6.07) is 7.06. The van der Waals surface area contributed by atoms with E-state index in [1.165, 1.54) is 0 Å². The zero-order valence-electron chi connectivity index (χ0n) is 8.04. The molecule has 0 aliphatic carbocycles. The van der Waals surface area contributed by atoms with Crippen LogP contribution in [0, 0.1) is 11.3 Å². The maximum Gasteiger partial charge on any atom is 0.142 e. The van der Waals surface area contributed by atoms with Gasteiger partial charge in [0.1, 0.15) is 17.6 Å². The van der Waals surface area contributed by atoms with E-state index in [-0.39, 0.29) is 0 Å². The molecule has 1 fully saturated rings. The van der Waals surface area contributed by atoms with Gasteiger partial charge in [-0.25, -0.2) is 4.98 Å². The summed E-state index contributed by atoms with van der Waals surface area (Å²) in [7, 11) is 0. The standard InChI is InChI=1S/C10H11N3O2/c11-4-7-2-1-3-10(12-7)13-5-8(14)9(15)6-13/h1-3,8-9,14-15H,5-6H2. The van der Waals surface area contributed by atoms with Crippen molar-refractivity contribution < 1.29 is 10.2 Å². The van der Waals surface area contributed by atoms with Crippen molar-refractivity contribution in [2.24, 2.45) is 0 Å². The fourth-order valence-electron chi connectivity index (χ4n) is 1.62. The number of nitriles is 1. The Kier molecular flexibility index (Phi) is 2.54. The van der Waals surface area contributed by atoms with Crippen molar-refractivity contribution in [2.45, 2.75) is 12.2 Å². The Morgan fingerprint density at radius 2 is 2.00 bits per heavy atom. The summed E-state index contributed by atoms with van der Waals surface area (Å²) in [5.41, 5.74) is 0.336. The molecule has 1 aliphatic heterocycles. The van der Waals surface area contributed by atoms with E-state index in [0.717, 1.165) is 0 Å². The van der Waals surface area contributed by atoms with Crippen LogP contribution in [0.4, 0.5) is 5.82 Å². The van der Waals surface area contributed by atoms with Crippen LogP contribution in [-0.2, 0) is 0 Å². The van der Waals surface area contributed by atoms with Gasteiger partial charge in [0.25, 0.3) is 0 Å². The minimum Gasteiger partial charge on any atom is -0.389 e. The summed E-state index contributed by atoms with van der Waals surface area (Å²) in [6.07, 6.45) is -1.48. The Balaban J connectivity index is 2.21. The first-order valence-corrected chi connectivity index (χ1v) is 4.69. The molecule has 1 aliphatic rings. The lowest BCUT2D eigenvalue weighted by Crippen LogP contribution is -2.22. The van der Waals surface area contributed by atoms with Crippen LogP contribution in [0.15, 0.2) is 18.2 Å². The fourth-order valence-corrected chi connectivity index (χ4v) is 1.62. The third-order valence-corrected chi connectivity index (χ3v) is 2.43. The smallest absolute Gasteiger partial charge is 0.142 e. The van der Waals surface area contributed by atoms with Gasteiger partial charge in [-0.1, -0.05) is 6.07 Å². The quantitative estimate of drug-likeness (QED) is 0.645. The summed E-state index contributed by atoms with van der Waals surface area (Å²) in [6.45, 7) is 0.700. The van der Waals surface area contributed by atoms with Gasteiger partial charge >= 0.3 is 0 Å². The molecule has 5 heteroatoms. The van der Waals surface area contributed by atoms with Crippen molar-refractivity contribution in [2.75, 3.05) is 18.0 Å². The van der Waals surface area contributed by atoms with Gasteiger partial charge in [0.05, 0.1) is 12.2 Å². The van der Waals surface area contributed by atoms with E-state index in [4.69, 9.17) is 5.26 Å². The van der Waals surface area contributed by atoms with E-state index >= 15 is 0 Å². The van der Waals surface area contributed by atoms with Crippen molar-refractivity contribution in [3.05, 3.63) is 23.9 Å². The Hall–Kier alpha value is -1.64. The molecule has 15 heavy (non-hydrogen) atoms. The molecule has 0 saturated carbocycles. The van der Waals surface area contributed by atoms with Crippen molar-refractivity contribution >= 4 is 5.82 Å². The molecule has 0 spiro atoms. The second-order valence-electron chi connectivity index (χ2n) is 3.53. The number of hydrogen-bond donors (Lipinski definition) is 2. The number of anilines is 1. The van der Waals surface area contributed by atoms with Crippen molar-refractivity contribution in [1.29, 1.82) is 5.26 Å². The minimum absolute atomic E-state index is 0.336. The normalized spacial score (nSPS) is 25.3. The van der Waals surface area contributed by atoms with Gasteiger partial charge in [0.2, 0.25) is 0 Å². The van der Waals surface area contributed by atoms with E-state index in [0.29, 0.717) is 24.6 Å². The van der Waals surface area contributed by atoms with Crippen LogP contribution < -0.4 is 4.90 Å². The van der Waals surface area contributed by atoms with Gasteiger partial charge in [-0.05, 0) is 12.1 Å². The van der Waals surface area contributed by atoms with Gasteiger partial charge in [-0.2, -0.15) is 5.26 Å². The van der Waals surface area contributed by atoms with E-state index in [2.05, 4.69) is 4.98 Å². The molecular weight excluding hydrogens is 194 g/mol. The van der Waals surface area contributed by atoms with Crippen LogP contribution in [0.5, 0.6) is 0 Å². The second-order valence-corrected chi connectivity index (χ2v) is 3.53. The van der Waals surface area contributed by atoms with E-state index in [1.54, 1.807) is 23.1 Å². The predicted molar refractivity (Wildman–Crippen MR) is 53.2 cm³/mol. The largest absolute Gasteiger partial charge is 0.389 e. The molecule has 2 atom stereocenters. The molecule has 2 rings (SSSR count). The van der Waals surface area contributed by atoms with Crippen LogP contribution in [0.3, 0.4) is 0 Å². The number of pyridine rings is 1. The van der Waals surface area contributed by atoms with E-state index < -0.39 is 12.2 Å². The molecule has 1 saturated heterocycles. The molecule has 2 heterocycles. The van der Waals surface area contributed by atoms with Crippen LogP contribution in [0.25, 0.3) is 0 Å². The number of aliphatic hydroxyl groups is 2. The SMILES string of the molecule is N#Cc1cccc(N2CC(O)C(O)C2)n1. The van der Waals surface area contributed by atoms with E-state index in [9.17, 15) is 10.2 Å². The first kappa shape index (κ1) is 9.90. The molecule has 0 radical (unpaired) electrons. The lowest BCUT2D eigenvalue weighted by atomic mass is 10.3. The highest BCUT2D eigenvalue weighted by molar-refractivity contribution is 5.43. The molecule has 0 bridgehead atoms. The minimum atomic E-state index is -0.738. The molecule has 1 aromatic rings.